The van der Waals surface area contributed by atoms with Crippen molar-refractivity contribution in [2.24, 2.45) is 0 Å². The maximum absolute atomic E-state index is 13.8. The van der Waals surface area contributed by atoms with E-state index in [0.717, 1.165) is 6.07 Å². The Hall–Kier alpha value is -4.06. The van der Waals surface area contributed by atoms with Crippen molar-refractivity contribution in [3.8, 4) is 5.75 Å². The van der Waals surface area contributed by atoms with Gasteiger partial charge in [-0.15, -0.1) is 0 Å². The molecule has 0 saturated carbocycles. The van der Waals surface area contributed by atoms with Gasteiger partial charge >= 0.3 is 18.3 Å². The highest BCUT2D eigenvalue weighted by Crippen LogP contribution is 2.51. The molecular formula is C30H27F6NO5. The number of amides is 1. The van der Waals surface area contributed by atoms with E-state index in [-0.39, 0.29) is 36.2 Å². The van der Waals surface area contributed by atoms with Crippen LogP contribution in [0.1, 0.15) is 46.3 Å². The van der Waals surface area contributed by atoms with Crippen LogP contribution in [0.15, 0.2) is 72.8 Å². The number of anilines is 1. The minimum atomic E-state index is -6.05. The van der Waals surface area contributed by atoms with Crippen LogP contribution in [0.2, 0.25) is 0 Å². The fraction of sp³-hybridized carbons (Fsp3) is 0.333. The zero-order valence-corrected chi connectivity index (χ0v) is 22.5. The summed E-state index contributed by atoms with van der Waals surface area (Å²) in [7, 11) is 1.23. The van der Waals surface area contributed by atoms with Gasteiger partial charge in [0, 0.05) is 11.3 Å². The number of aryl methyl sites for hydroxylation is 1. The van der Waals surface area contributed by atoms with Crippen LogP contribution in [0.5, 0.6) is 5.75 Å². The number of nitrogens with zero attached hydrogens (tertiary/aromatic N) is 1. The molecule has 4 rings (SSSR count). The molecule has 6 nitrogen and oxygen atoms in total. The molecule has 3 aromatic rings. The molecule has 1 heterocycles. The molecule has 0 spiro atoms. The van der Waals surface area contributed by atoms with Crippen LogP contribution in [0.4, 0.5) is 32.0 Å². The normalized spacial score (nSPS) is 16.7. The van der Waals surface area contributed by atoms with Gasteiger partial charge in [0.2, 0.25) is 5.91 Å². The maximum atomic E-state index is 13.8. The Balaban J connectivity index is 1.73. The van der Waals surface area contributed by atoms with Crippen molar-refractivity contribution < 1.29 is 50.5 Å². The highest BCUT2D eigenvalue weighted by atomic mass is 19.4. The van der Waals surface area contributed by atoms with E-state index in [1.54, 1.807) is 37.3 Å². The van der Waals surface area contributed by atoms with E-state index >= 15 is 0 Å². The van der Waals surface area contributed by atoms with Crippen molar-refractivity contribution >= 4 is 17.6 Å². The van der Waals surface area contributed by atoms with Crippen molar-refractivity contribution in [2.45, 2.75) is 49.7 Å². The second-order valence-electron chi connectivity index (χ2n) is 9.93. The molecule has 0 saturated heterocycles. The predicted molar refractivity (Wildman–Crippen MR) is 140 cm³/mol. The summed E-state index contributed by atoms with van der Waals surface area (Å²) in [4.78, 5) is 26.8. The zero-order valence-electron chi connectivity index (χ0n) is 22.5. The summed E-state index contributed by atoms with van der Waals surface area (Å²) in [5.41, 5.74) is -5.46. The number of hydrogen-bond acceptors (Lipinski definition) is 5. The van der Waals surface area contributed by atoms with Crippen LogP contribution in [0, 0.1) is 0 Å². The Morgan fingerprint density at radius 1 is 0.929 bits per heavy atom. The molecule has 1 N–H and O–H groups in total. The summed E-state index contributed by atoms with van der Waals surface area (Å²) < 4.78 is 92.4. The first-order valence-corrected chi connectivity index (χ1v) is 12.9. The van der Waals surface area contributed by atoms with Gasteiger partial charge in [-0.25, -0.2) is 4.79 Å². The van der Waals surface area contributed by atoms with E-state index in [1.165, 1.54) is 36.3 Å². The fourth-order valence-corrected chi connectivity index (χ4v) is 4.87. The largest absolute Gasteiger partial charge is 0.489 e. The number of hydrogen-bond donors (Lipinski definition) is 1. The second-order valence-corrected chi connectivity index (χ2v) is 9.93. The third-order valence-corrected chi connectivity index (χ3v) is 7.24. The third kappa shape index (κ3) is 5.94. The molecule has 0 unspecified atom stereocenters. The molecule has 12 heteroatoms. The number of esters is 1. The average Bonchev–Trinajstić information content (AvgIpc) is 3.14. The van der Waals surface area contributed by atoms with E-state index in [0.29, 0.717) is 23.4 Å². The Kier molecular flexibility index (Phi) is 8.58. The van der Waals surface area contributed by atoms with Crippen LogP contribution in [0.3, 0.4) is 0 Å². The summed E-state index contributed by atoms with van der Waals surface area (Å²) >= 11 is 0. The van der Waals surface area contributed by atoms with Crippen molar-refractivity contribution in [2.75, 3.05) is 18.6 Å². The Morgan fingerprint density at radius 3 is 2.12 bits per heavy atom. The van der Waals surface area contributed by atoms with Gasteiger partial charge in [-0.1, -0.05) is 42.5 Å². The van der Waals surface area contributed by atoms with Crippen LogP contribution < -0.4 is 9.64 Å². The van der Waals surface area contributed by atoms with Gasteiger partial charge in [0.05, 0.1) is 25.1 Å². The monoisotopic (exact) mass is 595 g/mol. The first-order valence-electron chi connectivity index (χ1n) is 12.9. The van der Waals surface area contributed by atoms with Crippen LogP contribution in [0.25, 0.3) is 0 Å². The smallest absolute Gasteiger partial charge is 0.430 e. The standard InChI is InChI=1S/C30H27F6NO5/c1-18(19-6-4-3-5-7-19)26(38)37-17-24(42-23-12-8-20(9-13-23)27(39)41-2)14-10-21-16-22(11-15-25(21)37)28(40,29(31,32)33)30(34,35)36/h3-9,11-13,15-16,18,24,40H,10,14,17H2,1-2H3/t18-,24-/m0/s1. The van der Waals surface area contributed by atoms with Gasteiger partial charge < -0.3 is 19.5 Å². The Morgan fingerprint density at radius 2 is 1.55 bits per heavy atom. The molecule has 1 aliphatic rings. The molecule has 0 bridgehead atoms. The minimum absolute atomic E-state index is 0.0141. The van der Waals surface area contributed by atoms with E-state index in [2.05, 4.69) is 4.74 Å². The van der Waals surface area contributed by atoms with Gasteiger partial charge in [0.1, 0.15) is 11.9 Å². The summed E-state index contributed by atoms with van der Waals surface area (Å²) in [6.07, 6.45) is -12.8. The molecule has 1 amide bonds. The molecule has 1 aliphatic heterocycles. The molecule has 224 valence electrons. The van der Waals surface area contributed by atoms with Gasteiger partial charge in [-0.3, -0.25) is 4.79 Å². The van der Waals surface area contributed by atoms with E-state index in [4.69, 9.17) is 4.74 Å². The lowest BCUT2D eigenvalue weighted by atomic mass is 9.89. The van der Waals surface area contributed by atoms with Crippen molar-refractivity contribution in [3.05, 3.63) is 95.1 Å². The predicted octanol–water partition coefficient (Wildman–Crippen LogP) is 6.32. The van der Waals surface area contributed by atoms with Gasteiger partial charge in [0.25, 0.3) is 5.60 Å². The summed E-state index contributed by atoms with van der Waals surface area (Å²) in [5.74, 6) is -1.40. The topological polar surface area (TPSA) is 76.1 Å². The van der Waals surface area contributed by atoms with Crippen molar-refractivity contribution in [3.63, 3.8) is 0 Å². The lowest BCUT2D eigenvalue weighted by Crippen LogP contribution is -2.54. The lowest BCUT2D eigenvalue weighted by molar-refractivity contribution is -0.376. The highest BCUT2D eigenvalue weighted by Gasteiger charge is 2.71. The van der Waals surface area contributed by atoms with Crippen molar-refractivity contribution in [1.82, 2.24) is 0 Å². The average molecular weight is 596 g/mol. The molecule has 2 atom stereocenters. The van der Waals surface area contributed by atoms with Crippen LogP contribution in [-0.2, 0) is 21.6 Å². The van der Waals surface area contributed by atoms with E-state index in [1.807, 2.05) is 0 Å². The van der Waals surface area contributed by atoms with Gasteiger partial charge in [0.15, 0.2) is 0 Å². The summed E-state index contributed by atoms with van der Waals surface area (Å²) in [6.45, 7) is 1.58. The van der Waals surface area contributed by atoms with Gasteiger partial charge in [-0.05, 0) is 61.2 Å². The number of aliphatic hydroxyl groups is 1. The Bertz CT molecular complexity index is 1410. The number of alkyl halides is 6. The number of carbonyl (C=O) groups is 2. The number of ether oxygens (including phenoxy) is 2. The number of carbonyl (C=O) groups excluding carboxylic acids is 2. The highest BCUT2D eigenvalue weighted by molar-refractivity contribution is 5.98. The molecule has 3 aromatic carbocycles. The first-order chi connectivity index (χ1) is 19.7. The van der Waals surface area contributed by atoms with E-state index in [9.17, 15) is 41.0 Å². The lowest BCUT2D eigenvalue weighted by Gasteiger charge is -2.34. The number of rotatable bonds is 6. The van der Waals surface area contributed by atoms with Crippen molar-refractivity contribution in [1.29, 1.82) is 0 Å². The second kappa shape index (κ2) is 11.7. The van der Waals surface area contributed by atoms with Crippen LogP contribution in [-0.4, -0.2) is 49.1 Å². The molecular weight excluding hydrogens is 568 g/mol. The summed E-state index contributed by atoms with van der Waals surface area (Å²) in [6, 6.07) is 16.8. The number of fused-ring (bicyclic) bond motifs is 1. The maximum Gasteiger partial charge on any atom is 0.430 e. The molecule has 0 aliphatic carbocycles. The fourth-order valence-electron chi connectivity index (χ4n) is 4.87. The number of benzene rings is 3. The Labute approximate surface area is 237 Å². The number of halogens is 6. The van der Waals surface area contributed by atoms with E-state index < -0.39 is 47.4 Å². The molecule has 0 fully saturated rings. The molecule has 42 heavy (non-hydrogen) atoms. The minimum Gasteiger partial charge on any atom is -0.489 e. The van der Waals surface area contributed by atoms with Crippen LogP contribution >= 0.6 is 0 Å². The number of methoxy groups -OCH3 is 1. The summed E-state index contributed by atoms with van der Waals surface area (Å²) in [5, 5.41) is 9.98. The molecule has 0 aromatic heterocycles. The molecule has 0 radical (unpaired) electrons. The zero-order chi connectivity index (χ0) is 30.9. The van der Waals surface area contributed by atoms with Gasteiger partial charge in [-0.2, -0.15) is 26.3 Å². The first kappa shape index (κ1) is 30.9. The quantitative estimate of drug-likeness (QED) is 0.267. The third-order valence-electron chi connectivity index (χ3n) is 7.24. The SMILES string of the molecule is COC(=O)c1ccc(O[C@H]2CCc3cc(C(O)(C(F)(F)F)C(F)(F)F)ccc3N(C(=O)[C@@H](C)c3ccccc3)C2)cc1.